The van der Waals surface area contributed by atoms with Crippen LogP contribution >= 0.6 is 0 Å². The van der Waals surface area contributed by atoms with Gasteiger partial charge < -0.3 is 20.4 Å². The molecule has 8 atom stereocenters. The van der Waals surface area contributed by atoms with Crippen LogP contribution in [-0.2, 0) is 16.2 Å². The Hall–Kier alpha value is -2.78. The molecule has 3 saturated carbocycles. The number of nitrogens with zero attached hydrogens (tertiary/aromatic N) is 2. The molecule has 6 rings (SSSR count). The fourth-order valence-corrected chi connectivity index (χ4v) is 7.58. The van der Waals surface area contributed by atoms with E-state index in [-0.39, 0.29) is 24.5 Å². The van der Waals surface area contributed by atoms with Crippen LogP contribution in [0.5, 0.6) is 0 Å². The van der Waals surface area contributed by atoms with Gasteiger partial charge in [-0.25, -0.2) is 0 Å². The summed E-state index contributed by atoms with van der Waals surface area (Å²) in [6.07, 6.45) is 0.687. The number of carbonyl (C=O) groups excluding carboxylic acids is 2. The molecule has 3 N–H and O–H groups in total. The second-order valence-electron chi connectivity index (χ2n) is 13.2. The molecule has 222 valence electrons. The number of fused-ring (bicyclic) bond motifs is 2. The predicted octanol–water partition coefficient (Wildman–Crippen LogP) is 3.72. The van der Waals surface area contributed by atoms with Crippen LogP contribution in [0.2, 0.25) is 0 Å². The Balaban J connectivity index is 1.34. The highest BCUT2D eigenvalue weighted by Crippen LogP contribution is 2.61. The lowest BCUT2D eigenvalue weighted by Gasteiger charge is -2.62. The first-order valence-electron chi connectivity index (χ1n) is 14.9. The minimum absolute atomic E-state index is 0.0460. The van der Waals surface area contributed by atoms with Crippen molar-refractivity contribution in [3.8, 4) is 11.1 Å². The van der Waals surface area contributed by atoms with Gasteiger partial charge >= 0.3 is 0 Å². The molecule has 1 unspecified atom stereocenters. The Morgan fingerprint density at radius 1 is 1.12 bits per heavy atom. The van der Waals surface area contributed by atoms with E-state index in [1.165, 1.54) is 6.42 Å². The van der Waals surface area contributed by atoms with Gasteiger partial charge in [-0.1, -0.05) is 51.1 Å². The van der Waals surface area contributed by atoms with Crippen LogP contribution in [0.4, 0.5) is 0 Å². The first-order chi connectivity index (χ1) is 19.4. The van der Waals surface area contributed by atoms with Gasteiger partial charge in [0.05, 0.1) is 19.3 Å². The number of nitrogens with one attached hydrogen (secondary N) is 1. The normalized spacial score (nSPS) is 31.3. The molecule has 3 aliphatic carbocycles. The molecule has 2 aromatic carbocycles. The van der Waals surface area contributed by atoms with Crippen LogP contribution in [0.15, 0.2) is 48.5 Å². The molecular weight excluding hydrogens is 518 g/mol. The summed E-state index contributed by atoms with van der Waals surface area (Å²) in [5.74, 6) is 0.827. The molecule has 1 heterocycles. The van der Waals surface area contributed by atoms with Gasteiger partial charge in [-0.3, -0.25) is 14.4 Å². The largest absolute Gasteiger partial charge is 0.394 e. The van der Waals surface area contributed by atoms with Crippen LogP contribution in [-0.4, -0.2) is 77.0 Å². The van der Waals surface area contributed by atoms with E-state index in [2.05, 4.69) is 26.1 Å². The molecule has 4 aliphatic rings. The number of aliphatic hydroxyl groups excluding tert-OH is 2. The van der Waals surface area contributed by atoms with Gasteiger partial charge in [-0.05, 0) is 77.8 Å². The average molecular weight is 564 g/mol. The summed E-state index contributed by atoms with van der Waals surface area (Å²) in [5.41, 5.74) is 3.84. The van der Waals surface area contributed by atoms with Crippen LogP contribution < -0.4 is 5.32 Å². The lowest BCUT2D eigenvalue weighted by atomic mass is 9.45. The molecule has 2 bridgehead atoms. The highest BCUT2D eigenvalue weighted by atomic mass is 16.7. The Labute approximate surface area is 243 Å². The minimum Gasteiger partial charge on any atom is -0.394 e. The fraction of sp³-hybridized carbons (Fsp3) is 0.576. The topological polar surface area (TPSA) is 102 Å². The summed E-state index contributed by atoms with van der Waals surface area (Å²) in [4.78, 5) is 33.8. The van der Waals surface area contributed by atoms with Crippen molar-refractivity contribution in [1.82, 2.24) is 15.3 Å². The summed E-state index contributed by atoms with van der Waals surface area (Å²) in [7, 11) is 3.46. The second kappa shape index (κ2) is 11.5. The Kier molecular flexibility index (Phi) is 8.32. The van der Waals surface area contributed by atoms with Crippen molar-refractivity contribution in [2.45, 2.75) is 71.4 Å². The van der Waals surface area contributed by atoms with Gasteiger partial charge in [-0.2, -0.15) is 5.06 Å². The monoisotopic (exact) mass is 563 g/mol. The first-order valence-corrected chi connectivity index (χ1v) is 14.9. The van der Waals surface area contributed by atoms with E-state index in [0.717, 1.165) is 23.1 Å². The first kappa shape index (κ1) is 29.7. The number of aliphatic hydroxyl groups is 2. The van der Waals surface area contributed by atoms with Crippen molar-refractivity contribution in [3.05, 3.63) is 59.7 Å². The van der Waals surface area contributed by atoms with Gasteiger partial charge in [0, 0.05) is 31.6 Å². The highest BCUT2D eigenvalue weighted by Gasteiger charge is 2.57. The van der Waals surface area contributed by atoms with Crippen molar-refractivity contribution < 1.29 is 24.6 Å². The van der Waals surface area contributed by atoms with Crippen LogP contribution in [0.1, 0.15) is 56.5 Å². The van der Waals surface area contributed by atoms with E-state index in [9.17, 15) is 19.8 Å². The molecule has 2 aromatic rings. The third-order valence-corrected chi connectivity index (χ3v) is 10.2. The molecule has 0 aromatic heterocycles. The van der Waals surface area contributed by atoms with Gasteiger partial charge in [-0.15, -0.1) is 0 Å². The molecule has 8 heteroatoms. The zero-order chi connectivity index (χ0) is 29.6. The standard InChI is InChI=1S/C33H45N3O5/c1-19-26-15-25(33(26,3)4)16-27(19)34-31(39)30-29(20(2)38)28(18-37)41-36(30)17-21-8-7-9-24(14-21)22-10-12-23(13-11-22)32(40)35(5)6/h7-14,19-20,25-30,37-38H,15-18H2,1-6H3,(H,34,39)/t19-,20-,25+,26-,27-,28?,29+,30-/m0/s1. The third-order valence-electron chi connectivity index (χ3n) is 10.2. The zero-order valence-corrected chi connectivity index (χ0v) is 25.1. The maximum absolute atomic E-state index is 13.9. The number of hydroxylamine groups is 2. The molecule has 8 nitrogen and oxygen atoms in total. The van der Waals surface area contributed by atoms with E-state index in [4.69, 9.17) is 4.84 Å². The van der Waals surface area contributed by atoms with E-state index in [1.54, 1.807) is 31.0 Å². The minimum atomic E-state index is -0.834. The second-order valence-corrected chi connectivity index (χ2v) is 13.2. The van der Waals surface area contributed by atoms with Gasteiger partial charge in [0.2, 0.25) is 5.91 Å². The van der Waals surface area contributed by atoms with E-state index >= 15 is 0 Å². The number of hydrogen-bond acceptors (Lipinski definition) is 6. The molecule has 0 radical (unpaired) electrons. The van der Waals surface area contributed by atoms with Crippen molar-refractivity contribution >= 4 is 11.8 Å². The number of amides is 2. The van der Waals surface area contributed by atoms with Crippen LogP contribution in [0, 0.1) is 29.1 Å². The van der Waals surface area contributed by atoms with Crippen molar-refractivity contribution in [1.29, 1.82) is 0 Å². The predicted molar refractivity (Wildman–Crippen MR) is 157 cm³/mol. The quantitative estimate of drug-likeness (QED) is 0.453. The smallest absolute Gasteiger partial charge is 0.253 e. The Morgan fingerprint density at radius 3 is 2.41 bits per heavy atom. The Morgan fingerprint density at radius 2 is 1.83 bits per heavy atom. The summed E-state index contributed by atoms with van der Waals surface area (Å²) in [6, 6.07) is 14.9. The SMILES string of the molecule is C[C@@H]1[C@@H](NC(=O)[C@@H]2[C@H]([C@H](C)O)C(CO)ON2Cc2cccc(-c3ccc(C(=O)N(C)C)cc3)c2)C[C@H]2C[C@@H]1C2(C)C. The maximum Gasteiger partial charge on any atom is 0.253 e. The van der Waals surface area contributed by atoms with Crippen molar-refractivity contribution in [2.75, 3.05) is 20.7 Å². The van der Waals surface area contributed by atoms with Crippen LogP contribution in [0.25, 0.3) is 11.1 Å². The average Bonchev–Trinajstić information content (AvgIpc) is 3.32. The van der Waals surface area contributed by atoms with E-state index in [0.29, 0.717) is 35.3 Å². The van der Waals surface area contributed by atoms with E-state index < -0.39 is 24.2 Å². The summed E-state index contributed by atoms with van der Waals surface area (Å²) >= 11 is 0. The fourth-order valence-electron chi connectivity index (χ4n) is 7.58. The molecule has 1 aliphatic heterocycles. The van der Waals surface area contributed by atoms with Crippen LogP contribution in [0.3, 0.4) is 0 Å². The number of carbonyl (C=O) groups is 2. The van der Waals surface area contributed by atoms with Gasteiger partial charge in [0.25, 0.3) is 5.91 Å². The molecule has 2 amide bonds. The Bertz CT molecular complexity index is 1260. The molecule has 4 fully saturated rings. The summed E-state index contributed by atoms with van der Waals surface area (Å²) in [5, 5.41) is 25.8. The highest BCUT2D eigenvalue weighted by molar-refractivity contribution is 5.94. The van der Waals surface area contributed by atoms with Crippen molar-refractivity contribution in [3.63, 3.8) is 0 Å². The number of hydrogen-bond donors (Lipinski definition) is 3. The molecule has 41 heavy (non-hydrogen) atoms. The number of rotatable bonds is 8. The van der Waals surface area contributed by atoms with Gasteiger partial charge in [0.15, 0.2) is 0 Å². The maximum atomic E-state index is 13.9. The third kappa shape index (κ3) is 5.55. The lowest BCUT2D eigenvalue weighted by molar-refractivity contribution is -0.183. The van der Waals surface area contributed by atoms with Gasteiger partial charge in [0.1, 0.15) is 12.1 Å². The molecular formula is C33H45N3O5. The summed E-state index contributed by atoms with van der Waals surface area (Å²) < 4.78 is 0. The van der Waals surface area contributed by atoms with E-state index in [1.807, 2.05) is 48.5 Å². The zero-order valence-electron chi connectivity index (χ0n) is 25.1. The summed E-state index contributed by atoms with van der Waals surface area (Å²) in [6.45, 7) is 8.62. The lowest BCUT2D eigenvalue weighted by Crippen LogP contribution is -2.62. The van der Waals surface area contributed by atoms with Crippen molar-refractivity contribution in [2.24, 2.45) is 29.1 Å². The molecule has 1 saturated heterocycles. The molecule has 0 spiro atoms. The number of benzene rings is 2.